The van der Waals surface area contributed by atoms with E-state index in [-0.39, 0.29) is 25.7 Å². The van der Waals surface area contributed by atoms with E-state index in [0.717, 1.165) is 114 Å². The van der Waals surface area contributed by atoms with Gasteiger partial charge in [0.2, 0.25) is 0 Å². The van der Waals surface area contributed by atoms with Crippen LogP contribution in [0.5, 0.6) is 0 Å². The van der Waals surface area contributed by atoms with E-state index >= 15 is 0 Å². The van der Waals surface area contributed by atoms with Crippen LogP contribution in [0.4, 0.5) is 0 Å². The van der Waals surface area contributed by atoms with Crippen LogP contribution in [0.3, 0.4) is 0 Å². The van der Waals surface area contributed by atoms with Crippen LogP contribution in [-0.4, -0.2) is 96.7 Å². The molecule has 0 aromatic carbocycles. The monoisotopic (exact) mass is 1590 g/mol. The molecule has 0 rings (SSSR count). The van der Waals surface area contributed by atoms with Crippen molar-refractivity contribution in [2.75, 3.05) is 39.6 Å². The summed E-state index contributed by atoms with van der Waals surface area (Å²) in [5.41, 5.74) is 0. The average molecular weight is 1590 g/mol. The van der Waals surface area contributed by atoms with Gasteiger partial charge in [-0.2, -0.15) is 0 Å². The van der Waals surface area contributed by atoms with Crippen molar-refractivity contribution in [3.63, 3.8) is 0 Å². The van der Waals surface area contributed by atoms with Gasteiger partial charge in [0.25, 0.3) is 0 Å². The molecule has 0 fully saturated rings. The molecule has 5 atom stereocenters. The molecular formula is C90H176O17P2. The third-order valence-corrected chi connectivity index (χ3v) is 23.0. The Hall–Kier alpha value is -1.94. The van der Waals surface area contributed by atoms with Gasteiger partial charge in [-0.25, -0.2) is 9.13 Å². The number of phosphoric acid groups is 2. The maximum atomic E-state index is 13.2. The summed E-state index contributed by atoms with van der Waals surface area (Å²) in [4.78, 5) is 73.3. The van der Waals surface area contributed by atoms with E-state index < -0.39 is 97.5 Å². The minimum absolute atomic E-state index is 0.107. The van der Waals surface area contributed by atoms with Crippen LogP contribution in [0.1, 0.15) is 473 Å². The Kier molecular flexibility index (Phi) is 77.2. The van der Waals surface area contributed by atoms with E-state index in [0.29, 0.717) is 31.6 Å². The number of esters is 4. The summed E-state index contributed by atoms with van der Waals surface area (Å²) in [7, 11) is -9.93. The van der Waals surface area contributed by atoms with Crippen molar-refractivity contribution in [3.8, 4) is 0 Å². The third kappa shape index (κ3) is 83.8. The number of aliphatic hydroxyl groups excluding tert-OH is 1. The molecule has 0 heterocycles. The Labute approximate surface area is 670 Å². The minimum Gasteiger partial charge on any atom is -0.462 e. The van der Waals surface area contributed by atoms with Gasteiger partial charge in [0.15, 0.2) is 12.2 Å². The summed E-state index contributed by atoms with van der Waals surface area (Å²) in [6.07, 6.45) is 69.8. The largest absolute Gasteiger partial charge is 0.472 e. The fourth-order valence-corrected chi connectivity index (χ4v) is 15.6. The zero-order valence-electron chi connectivity index (χ0n) is 72.2. The molecule has 0 bridgehead atoms. The zero-order valence-corrected chi connectivity index (χ0v) is 74.0. The van der Waals surface area contributed by atoms with Gasteiger partial charge in [0.05, 0.1) is 26.4 Å². The van der Waals surface area contributed by atoms with Crippen molar-refractivity contribution in [3.05, 3.63) is 0 Å². The first-order valence-corrected chi connectivity index (χ1v) is 49.2. The van der Waals surface area contributed by atoms with E-state index in [1.807, 2.05) is 0 Å². The second-order valence-electron chi connectivity index (χ2n) is 34.2. The minimum atomic E-state index is -4.97. The first-order chi connectivity index (χ1) is 52.6. The summed E-state index contributed by atoms with van der Waals surface area (Å²) < 4.78 is 69.0. The van der Waals surface area contributed by atoms with Gasteiger partial charge in [-0.05, 0) is 49.4 Å². The lowest BCUT2D eigenvalue weighted by molar-refractivity contribution is -0.161. The lowest BCUT2D eigenvalue weighted by Gasteiger charge is -2.21. The fourth-order valence-electron chi connectivity index (χ4n) is 14.0. The number of unbranched alkanes of at least 4 members (excludes halogenated alkanes) is 53. The van der Waals surface area contributed by atoms with Crippen molar-refractivity contribution in [1.29, 1.82) is 0 Å². The highest BCUT2D eigenvalue weighted by Crippen LogP contribution is 2.45. The van der Waals surface area contributed by atoms with Crippen molar-refractivity contribution in [2.45, 2.75) is 491 Å². The molecule has 0 aliphatic carbocycles. The summed E-state index contributed by atoms with van der Waals surface area (Å²) >= 11 is 0. The van der Waals surface area contributed by atoms with Gasteiger partial charge in [-0.15, -0.1) is 0 Å². The Balaban J connectivity index is 5.20. The van der Waals surface area contributed by atoms with Gasteiger partial charge in [0.1, 0.15) is 19.3 Å². The van der Waals surface area contributed by atoms with Crippen molar-refractivity contribution in [2.24, 2.45) is 23.7 Å². The second kappa shape index (κ2) is 78.6. The standard InChI is InChI=1S/C90H176O17P2/c1-80(2)66-58-50-42-36-30-24-18-13-9-11-15-21-27-33-39-45-54-62-70-87(92)100-76-85(106-89(94)72-64-56-46-40-34-28-22-16-12-10-14-19-25-31-37-43-51-59-67-81(3)4)78-104-108(96,97)102-74-84(91)75-103-109(98,99)105-79-86(77-101-88(93)71-63-55-49-48-53-61-69-83(7)8)107-90(95)73-65-57-47-41-35-29-23-17-20-26-32-38-44-52-60-68-82(5)6/h80-86,91H,9-79H2,1-8H3,(H,96,97)(H,98,99)/t84?,85-,86-/m1/s1. The zero-order chi connectivity index (χ0) is 80.2. The molecule has 17 nitrogen and oxygen atoms in total. The summed E-state index contributed by atoms with van der Waals surface area (Å²) in [5.74, 6) is 1.02. The molecule has 0 amide bonds. The van der Waals surface area contributed by atoms with Gasteiger partial charge >= 0.3 is 39.5 Å². The third-order valence-electron chi connectivity index (χ3n) is 21.1. The lowest BCUT2D eigenvalue weighted by atomic mass is 10.0. The quantitative estimate of drug-likeness (QED) is 0.0222. The molecular weight excluding hydrogens is 1410 g/mol. The molecule has 0 saturated heterocycles. The molecule has 0 radical (unpaired) electrons. The number of ether oxygens (including phenoxy) is 4. The summed E-state index contributed by atoms with van der Waals surface area (Å²) in [6.45, 7) is 14.3. The van der Waals surface area contributed by atoms with Crippen molar-refractivity contribution in [1.82, 2.24) is 0 Å². The smallest absolute Gasteiger partial charge is 0.462 e. The van der Waals surface area contributed by atoms with Crippen LogP contribution in [0.15, 0.2) is 0 Å². The van der Waals surface area contributed by atoms with Crippen LogP contribution >= 0.6 is 15.6 Å². The molecule has 0 spiro atoms. The molecule has 0 aliphatic heterocycles. The van der Waals surface area contributed by atoms with Crippen LogP contribution in [0.25, 0.3) is 0 Å². The van der Waals surface area contributed by atoms with Crippen LogP contribution in [-0.2, 0) is 65.4 Å². The maximum Gasteiger partial charge on any atom is 0.472 e. The van der Waals surface area contributed by atoms with E-state index in [4.69, 9.17) is 37.0 Å². The summed E-state index contributed by atoms with van der Waals surface area (Å²) in [6, 6.07) is 0. The van der Waals surface area contributed by atoms with Crippen LogP contribution in [0.2, 0.25) is 0 Å². The number of rotatable bonds is 87. The van der Waals surface area contributed by atoms with E-state index in [2.05, 4.69) is 55.4 Å². The van der Waals surface area contributed by atoms with Gasteiger partial charge in [-0.1, -0.05) is 421 Å². The van der Waals surface area contributed by atoms with Crippen molar-refractivity contribution < 1.29 is 80.2 Å². The van der Waals surface area contributed by atoms with Gasteiger partial charge in [-0.3, -0.25) is 37.3 Å². The molecule has 0 aromatic heterocycles. The predicted octanol–water partition coefficient (Wildman–Crippen LogP) is 27.5. The van der Waals surface area contributed by atoms with Crippen LogP contribution in [0, 0.1) is 23.7 Å². The molecule has 0 aliphatic rings. The molecule has 19 heteroatoms. The Morgan fingerprint density at radius 1 is 0.229 bits per heavy atom. The molecule has 3 unspecified atom stereocenters. The number of carbonyl (C=O) groups is 4. The molecule has 0 saturated carbocycles. The summed E-state index contributed by atoms with van der Waals surface area (Å²) in [5, 5.41) is 10.7. The predicted molar refractivity (Wildman–Crippen MR) is 451 cm³/mol. The molecule has 0 aromatic rings. The number of aliphatic hydroxyl groups is 1. The topological polar surface area (TPSA) is 237 Å². The lowest BCUT2D eigenvalue weighted by Crippen LogP contribution is -2.30. The maximum absolute atomic E-state index is 13.2. The highest BCUT2D eigenvalue weighted by atomic mass is 31.2. The highest BCUT2D eigenvalue weighted by molar-refractivity contribution is 7.47. The average Bonchev–Trinajstić information content (AvgIpc) is 0.901. The Morgan fingerprint density at radius 3 is 0.569 bits per heavy atom. The number of carbonyl (C=O) groups excluding carboxylic acids is 4. The van der Waals surface area contributed by atoms with Gasteiger partial charge < -0.3 is 33.8 Å². The van der Waals surface area contributed by atoms with Crippen LogP contribution < -0.4 is 0 Å². The highest BCUT2D eigenvalue weighted by Gasteiger charge is 2.31. The number of hydrogen-bond acceptors (Lipinski definition) is 15. The Bertz CT molecular complexity index is 2110. The second-order valence-corrected chi connectivity index (χ2v) is 37.2. The van der Waals surface area contributed by atoms with E-state index in [1.165, 1.54) is 270 Å². The molecule has 109 heavy (non-hydrogen) atoms. The number of phosphoric ester groups is 2. The first-order valence-electron chi connectivity index (χ1n) is 46.2. The van der Waals surface area contributed by atoms with Crippen molar-refractivity contribution >= 4 is 39.5 Å². The SMILES string of the molecule is CC(C)CCCCCCCCCCCCCCCCCCCCC(=O)OC[C@H](COP(=O)(O)OCC(O)COP(=O)(O)OC[C@@H](COC(=O)CCCCCCCCC(C)C)OC(=O)CCCCCCCCCCCCCCCCCC(C)C)OC(=O)CCCCCCCCCCCCCCCCCCCCC(C)C. The van der Waals surface area contributed by atoms with E-state index in [1.54, 1.807) is 0 Å². The molecule has 648 valence electrons. The normalized spacial score (nSPS) is 13.9. The number of hydrogen-bond donors (Lipinski definition) is 3. The Morgan fingerprint density at radius 2 is 0.385 bits per heavy atom. The molecule has 3 N–H and O–H groups in total. The van der Waals surface area contributed by atoms with Gasteiger partial charge in [0, 0.05) is 25.7 Å². The fraction of sp³-hybridized carbons (Fsp3) is 0.956. The van der Waals surface area contributed by atoms with E-state index in [9.17, 15) is 43.2 Å². The first kappa shape index (κ1) is 107.